The molecule has 2 heterocycles. The zero-order valence-electron chi connectivity index (χ0n) is 16.2. The van der Waals surface area contributed by atoms with E-state index in [4.69, 9.17) is 0 Å². The summed E-state index contributed by atoms with van der Waals surface area (Å²) in [6.45, 7) is 3.96. The first-order chi connectivity index (χ1) is 13.1. The van der Waals surface area contributed by atoms with Gasteiger partial charge in [0, 0.05) is 32.7 Å². The first kappa shape index (κ1) is 21.1. The molecule has 2 amide bonds. The number of benzene rings is 1. The highest BCUT2D eigenvalue weighted by molar-refractivity contribution is 5.94. The van der Waals surface area contributed by atoms with E-state index in [1.165, 1.54) is 18.6 Å². The number of amides is 2. The predicted octanol–water partition coefficient (Wildman–Crippen LogP) is 2.70. The van der Waals surface area contributed by atoms with Gasteiger partial charge in [-0.3, -0.25) is 9.59 Å². The monoisotopic (exact) mass is 409 g/mol. The van der Waals surface area contributed by atoms with Crippen molar-refractivity contribution in [2.24, 2.45) is 11.3 Å². The number of fused-ring (bicyclic) bond motifs is 1. The van der Waals surface area contributed by atoms with Crippen molar-refractivity contribution in [3.8, 4) is 0 Å². The number of halogens is 2. The SMILES string of the molecule is Cl.O=C(c1ccccc1F)N1CCCN(C(=O)[C@@]23CCCC[C@H]2CNC3)CC1. The molecule has 0 bridgehead atoms. The Hall–Kier alpha value is -1.66. The number of nitrogens with one attached hydrogen (secondary N) is 1. The maximum atomic E-state index is 14.0. The van der Waals surface area contributed by atoms with Gasteiger partial charge in [0.1, 0.15) is 5.82 Å². The van der Waals surface area contributed by atoms with Crippen LogP contribution >= 0.6 is 12.4 Å². The van der Waals surface area contributed by atoms with Crippen molar-refractivity contribution in [3.05, 3.63) is 35.6 Å². The van der Waals surface area contributed by atoms with Crippen LogP contribution in [0.25, 0.3) is 0 Å². The molecule has 1 aromatic carbocycles. The van der Waals surface area contributed by atoms with E-state index >= 15 is 0 Å². The third-order valence-electron chi connectivity index (χ3n) is 6.64. The van der Waals surface area contributed by atoms with Crippen LogP contribution in [0.5, 0.6) is 0 Å². The molecule has 3 fully saturated rings. The minimum absolute atomic E-state index is 0. The van der Waals surface area contributed by atoms with Gasteiger partial charge in [-0.2, -0.15) is 0 Å². The zero-order chi connectivity index (χ0) is 18.9. The summed E-state index contributed by atoms with van der Waals surface area (Å²) < 4.78 is 14.0. The molecule has 5 nitrogen and oxygen atoms in total. The molecule has 1 aromatic rings. The maximum absolute atomic E-state index is 14.0. The Kier molecular flexibility index (Phi) is 6.61. The molecular weight excluding hydrogens is 381 g/mol. The fourth-order valence-electron chi connectivity index (χ4n) is 5.11. The molecule has 2 saturated heterocycles. The van der Waals surface area contributed by atoms with Crippen LogP contribution in [0.15, 0.2) is 24.3 Å². The van der Waals surface area contributed by atoms with Crippen molar-refractivity contribution < 1.29 is 14.0 Å². The number of nitrogens with zero attached hydrogens (tertiary/aromatic N) is 2. The summed E-state index contributed by atoms with van der Waals surface area (Å²) in [5.41, 5.74) is -0.133. The van der Waals surface area contributed by atoms with Crippen LogP contribution in [-0.4, -0.2) is 60.9 Å². The van der Waals surface area contributed by atoms with Crippen molar-refractivity contribution in [2.75, 3.05) is 39.3 Å². The third-order valence-corrected chi connectivity index (χ3v) is 6.64. The molecule has 4 rings (SSSR count). The van der Waals surface area contributed by atoms with Gasteiger partial charge in [0.05, 0.1) is 11.0 Å². The van der Waals surface area contributed by atoms with Gasteiger partial charge >= 0.3 is 0 Å². The highest BCUT2D eigenvalue weighted by atomic mass is 35.5. The van der Waals surface area contributed by atoms with Gasteiger partial charge in [-0.05, 0) is 43.9 Å². The Bertz CT molecular complexity index is 731. The fourth-order valence-corrected chi connectivity index (χ4v) is 5.11. The van der Waals surface area contributed by atoms with Crippen LogP contribution in [0.1, 0.15) is 42.5 Å². The normalized spacial score (nSPS) is 27.5. The van der Waals surface area contributed by atoms with Crippen LogP contribution in [-0.2, 0) is 4.79 Å². The largest absolute Gasteiger partial charge is 0.340 e. The average molecular weight is 410 g/mol. The van der Waals surface area contributed by atoms with Crippen LogP contribution in [0, 0.1) is 17.2 Å². The molecule has 0 unspecified atom stereocenters. The second-order valence-electron chi connectivity index (χ2n) is 8.15. The quantitative estimate of drug-likeness (QED) is 0.817. The van der Waals surface area contributed by atoms with Gasteiger partial charge in [-0.1, -0.05) is 25.0 Å². The van der Waals surface area contributed by atoms with E-state index in [1.807, 2.05) is 4.90 Å². The van der Waals surface area contributed by atoms with E-state index in [9.17, 15) is 14.0 Å². The molecule has 0 radical (unpaired) electrons. The van der Waals surface area contributed by atoms with Crippen molar-refractivity contribution in [3.63, 3.8) is 0 Å². The van der Waals surface area contributed by atoms with E-state index in [2.05, 4.69) is 5.32 Å². The van der Waals surface area contributed by atoms with Crippen LogP contribution in [0.3, 0.4) is 0 Å². The first-order valence-corrected chi connectivity index (χ1v) is 10.2. The number of hydrogen-bond donors (Lipinski definition) is 1. The smallest absolute Gasteiger partial charge is 0.256 e. The summed E-state index contributed by atoms with van der Waals surface area (Å²) in [7, 11) is 0. The standard InChI is InChI=1S/C21H28FN3O2.ClH/c22-18-8-2-1-7-17(18)19(26)24-10-5-11-25(13-12-24)20(27)21-9-4-3-6-16(21)14-23-15-21;/h1-2,7-8,16,23H,3-6,9-15H2;1H/t16-,21+;/m0./s1. The molecule has 7 heteroatoms. The van der Waals surface area contributed by atoms with E-state index < -0.39 is 5.82 Å². The zero-order valence-corrected chi connectivity index (χ0v) is 17.0. The van der Waals surface area contributed by atoms with Gasteiger partial charge in [0.15, 0.2) is 0 Å². The first-order valence-electron chi connectivity index (χ1n) is 10.2. The Morgan fingerprint density at radius 1 is 1.04 bits per heavy atom. The minimum atomic E-state index is -0.486. The summed E-state index contributed by atoms with van der Waals surface area (Å²) in [5.74, 6) is -0.0603. The molecule has 2 aliphatic heterocycles. The number of hydrogen-bond acceptors (Lipinski definition) is 3. The van der Waals surface area contributed by atoms with E-state index in [1.54, 1.807) is 17.0 Å². The third kappa shape index (κ3) is 3.77. The van der Waals surface area contributed by atoms with Crippen molar-refractivity contribution in [1.82, 2.24) is 15.1 Å². The fraction of sp³-hybridized carbons (Fsp3) is 0.619. The second kappa shape index (κ2) is 8.78. The molecule has 0 spiro atoms. The Labute approximate surface area is 172 Å². The maximum Gasteiger partial charge on any atom is 0.256 e. The number of carbonyl (C=O) groups is 2. The molecule has 1 N–H and O–H groups in total. The van der Waals surface area contributed by atoms with Gasteiger partial charge in [-0.25, -0.2) is 4.39 Å². The highest BCUT2D eigenvalue weighted by Crippen LogP contribution is 2.45. The minimum Gasteiger partial charge on any atom is -0.340 e. The summed E-state index contributed by atoms with van der Waals surface area (Å²) in [5, 5.41) is 3.44. The van der Waals surface area contributed by atoms with Crippen molar-refractivity contribution >= 4 is 24.2 Å². The number of rotatable bonds is 2. The van der Waals surface area contributed by atoms with Gasteiger partial charge in [0.25, 0.3) is 5.91 Å². The van der Waals surface area contributed by atoms with Gasteiger partial charge in [-0.15, -0.1) is 12.4 Å². The van der Waals surface area contributed by atoms with Crippen LogP contribution < -0.4 is 5.32 Å². The average Bonchev–Trinajstić information content (AvgIpc) is 2.98. The lowest BCUT2D eigenvalue weighted by Gasteiger charge is -2.40. The van der Waals surface area contributed by atoms with Crippen LogP contribution in [0.2, 0.25) is 0 Å². The van der Waals surface area contributed by atoms with E-state index in [0.29, 0.717) is 32.1 Å². The molecule has 1 saturated carbocycles. The lowest BCUT2D eigenvalue weighted by molar-refractivity contribution is -0.145. The molecule has 1 aliphatic carbocycles. The highest BCUT2D eigenvalue weighted by Gasteiger charge is 2.51. The molecule has 28 heavy (non-hydrogen) atoms. The van der Waals surface area contributed by atoms with Crippen LogP contribution in [0.4, 0.5) is 4.39 Å². The van der Waals surface area contributed by atoms with Crippen molar-refractivity contribution in [1.29, 1.82) is 0 Å². The lowest BCUT2D eigenvalue weighted by Crippen LogP contribution is -2.50. The molecular formula is C21H29ClFN3O2. The molecule has 2 atom stereocenters. The topological polar surface area (TPSA) is 52.7 Å². The number of carbonyl (C=O) groups excluding carboxylic acids is 2. The van der Waals surface area contributed by atoms with Crippen molar-refractivity contribution in [2.45, 2.75) is 32.1 Å². The summed E-state index contributed by atoms with van der Waals surface area (Å²) in [4.78, 5) is 29.8. The predicted molar refractivity (Wildman–Crippen MR) is 108 cm³/mol. The second-order valence-corrected chi connectivity index (χ2v) is 8.15. The summed E-state index contributed by atoms with van der Waals surface area (Å²) in [6.07, 6.45) is 5.17. The molecule has 3 aliphatic rings. The Balaban J connectivity index is 0.00000225. The van der Waals surface area contributed by atoms with Gasteiger partial charge in [0.2, 0.25) is 5.91 Å². The summed E-state index contributed by atoms with van der Waals surface area (Å²) in [6, 6.07) is 6.11. The lowest BCUT2D eigenvalue weighted by atomic mass is 9.67. The van der Waals surface area contributed by atoms with Gasteiger partial charge < -0.3 is 15.1 Å². The molecule has 154 valence electrons. The molecule has 0 aromatic heterocycles. The van der Waals surface area contributed by atoms with E-state index in [0.717, 1.165) is 38.8 Å². The Morgan fingerprint density at radius 2 is 1.79 bits per heavy atom. The van der Waals surface area contributed by atoms with E-state index in [-0.39, 0.29) is 35.2 Å². The summed E-state index contributed by atoms with van der Waals surface area (Å²) >= 11 is 0. The Morgan fingerprint density at radius 3 is 2.61 bits per heavy atom.